The van der Waals surface area contributed by atoms with Crippen molar-refractivity contribution in [1.29, 1.82) is 0 Å². The second-order valence-electron chi connectivity index (χ2n) is 5.75. The van der Waals surface area contributed by atoms with Gasteiger partial charge < -0.3 is 8.98 Å². The lowest BCUT2D eigenvalue weighted by atomic mass is 10.0. The SMILES string of the molecule is CC(C)CC(C(=O)Nc1n[nH]c(-c2ccco2)n1)n1cccc1. The Bertz CT molecular complexity index is 743. The second kappa shape index (κ2) is 6.51. The van der Waals surface area contributed by atoms with E-state index in [-0.39, 0.29) is 17.9 Å². The number of furan rings is 1. The van der Waals surface area contributed by atoms with Crippen LogP contribution in [0.5, 0.6) is 0 Å². The summed E-state index contributed by atoms with van der Waals surface area (Å²) in [5.41, 5.74) is 0. The van der Waals surface area contributed by atoms with Crippen LogP contribution in [0.2, 0.25) is 0 Å². The van der Waals surface area contributed by atoms with Crippen LogP contribution in [0.4, 0.5) is 5.95 Å². The molecule has 1 amide bonds. The Hall–Kier alpha value is -2.83. The second-order valence-corrected chi connectivity index (χ2v) is 5.75. The van der Waals surface area contributed by atoms with Gasteiger partial charge in [-0.25, -0.2) is 0 Å². The zero-order valence-corrected chi connectivity index (χ0v) is 13.1. The van der Waals surface area contributed by atoms with Gasteiger partial charge in [-0.15, -0.1) is 5.10 Å². The minimum atomic E-state index is -0.296. The summed E-state index contributed by atoms with van der Waals surface area (Å²) >= 11 is 0. The predicted octanol–water partition coefficient (Wildman–Crippen LogP) is 3.09. The van der Waals surface area contributed by atoms with Gasteiger partial charge in [-0.1, -0.05) is 13.8 Å². The minimum absolute atomic E-state index is 0.139. The van der Waals surface area contributed by atoms with E-state index in [0.29, 0.717) is 17.5 Å². The molecule has 0 fully saturated rings. The summed E-state index contributed by atoms with van der Waals surface area (Å²) in [4.78, 5) is 16.8. The molecule has 3 heterocycles. The number of rotatable bonds is 6. The van der Waals surface area contributed by atoms with E-state index < -0.39 is 0 Å². The Morgan fingerprint density at radius 3 is 2.78 bits per heavy atom. The third kappa shape index (κ3) is 3.50. The first kappa shape index (κ1) is 15.1. The molecule has 7 nitrogen and oxygen atoms in total. The molecule has 0 aliphatic carbocycles. The minimum Gasteiger partial charge on any atom is -0.461 e. The van der Waals surface area contributed by atoms with Crippen molar-refractivity contribution in [1.82, 2.24) is 19.7 Å². The molecule has 1 unspecified atom stereocenters. The van der Waals surface area contributed by atoms with Gasteiger partial charge in [0.05, 0.1) is 6.26 Å². The predicted molar refractivity (Wildman–Crippen MR) is 85.6 cm³/mol. The molecule has 3 aromatic heterocycles. The van der Waals surface area contributed by atoms with E-state index in [1.54, 1.807) is 18.4 Å². The number of nitrogens with zero attached hydrogens (tertiary/aromatic N) is 3. The topological polar surface area (TPSA) is 88.7 Å². The highest BCUT2D eigenvalue weighted by Crippen LogP contribution is 2.20. The van der Waals surface area contributed by atoms with E-state index in [1.165, 1.54) is 0 Å². The van der Waals surface area contributed by atoms with E-state index >= 15 is 0 Å². The van der Waals surface area contributed by atoms with Crippen LogP contribution in [0.15, 0.2) is 47.3 Å². The molecule has 1 atom stereocenters. The van der Waals surface area contributed by atoms with Crippen molar-refractivity contribution in [2.24, 2.45) is 5.92 Å². The summed E-state index contributed by atoms with van der Waals surface area (Å²) in [5.74, 6) is 1.54. The molecular weight excluding hydrogens is 294 g/mol. The molecule has 7 heteroatoms. The lowest BCUT2D eigenvalue weighted by molar-refractivity contribution is -0.119. The largest absolute Gasteiger partial charge is 0.461 e. The molecule has 3 rings (SSSR count). The van der Waals surface area contributed by atoms with Gasteiger partial charge >= 0.3 is 0 Å². The molecule has 2 N–H and O–H groups in total. The molecule has 0 aliphatic heterocycles. The fourth-order valence-corrected chi connectivity index (χ4v) is 2.40. The zero-order chi connectivity index (χ0) is 16.2. The summed E-state index contributed by atoms with van der Waals surface area (Å²) in [6.07, 6.45) is 6.06. The Morgan fingerprint density at radius 2 is 2.13 bits per heavy atom. The van der Waals surface area contributed by atoms with Crippen molar-refractivity contribution in [3.8, 4) is 11.6 Å². The van der Waals surface area contributed by atoms with E-state index in [2.05, 4.69) is 34.3 Å². The number of carbonyl (C=O) groups excluding carboxylic acids is 1. The van der Waals surface area contributed by atoms with Crippen molar-refractivity contribution in [2.75, 3.05) is 5.32 Å². The maximum atomic E-state index is 12.6. The summed E-state index contributed by atoms with van der Waals surface area (Å²) in [6, 6.07) is 7.05. The van der Waals surface area contributed by atoms with Crippen LogP contribution in [0.25, 0.3) is 11.6 Å². The van der Waals surface area contributed by atoms with Gasteiger partial charge in [-0.05, 0) is 36.6 Å². The van der Waals surface area contributed by atoms with Crippen molar-refractivity contribution in [3.05, 3.63) is 42.9 Å². The number of H-pyrrole nitrogens is 1. The van der Waals surface area contributed by atoms with Crippen molar-refractivity contribution < 1.29 is 9.21 Å². The van der Waals surface area contributed by atoms with Gasteiger partial charge in [0, 0.05) is 12.4 Å². The maximum absolute atomic E-state index is 12.6. The fourth-order valence-electron chi connectivity index (χ4n) is 2.40. The third-order valence-electron chi connectivity index (χ3n) is 3.46. The maximum Gasteiger partial charge on any atom is 0.249 e. The molecule has 120 valence electrons. The number of aromatic amines is 1. The number of aromatic nitrogens is 4. The average molecular weight is 313 g/mol. The molecule has 0 saturated carbocycles. The van der Waals surface area contributed by atoms with E-state index in [0.717, 1.165) is 6.42 Å². The summed E-state index contributed by atoms with van der Waals surface area (Å²) < 4.78 is 7.14. The monoisotopic (exact) mass is 313 g/mol. The van der Waals surface area contributed by atoms with Gasteiger partial charge in [-0.3, -0.25) is 15.2 Å². The van der Waals surface area contributed by atoms with Crippen molar-refractivity contribution in [3.63, 3.8) is 0 Å². The van der Waals surface area contributed by atoms with Crippen LogP contribution < -0.4 is 5.32 Å². The standard InChI is InChI=1S/C16H19N5O2/c1-11(2)10-12(21-7-3-4-8-21)15(22)18-16-17-14(19-20-16)13-6-5-9-23-13/h3-9,11-12H,10H2,1-2H3,(H2,17,18,19,20,22). The Morgan fingerprint density at radius 1 is 1.35 bits per heavy atom. The molecule has 0 aliphatic rings. The number of hydrogen-bond acceptors (Lipinski definition) is 4. The van der Waals surface area contributed by atoms with E-state index in [9.17, 15) is 4.79 Å². The van der Waals surface area contributed by atoms with E-state index in [4.69, 9.17) is 4.42 Å². The molecule has 3 aromatic rings. The number of hydrogen-bond donors (Lipinski definition) is 2. The summed E-state index contributed by atoms with van der Waals surface area (Å²) in [5, 5.41) is 9.53. The molecule has 0 aromatic carbocycles. The first-order valence-electron chi connectivity index (χ1n) is 7.53. The average Bonchev–Trinajstić information content (AvgIpc) is 3.25. The summed E-state index contributed by atoms with van der Waals surface area (Å²) in [7, 11) is 0. The smallest absolute Gasteiger partial charge is 0.249 e. The lowest BCUT2D eigenvalue weighted by Gasteiger charge is -2.19. The Kier molecular flexibility index (Phi) is 4.27. The molecule has 0 saturated heterocycles. The van der Waals surface area contributed by atoms with Crippen LogP contribution >= 0.6 is 0 Å². The Labute approximate surface area is 133 Å². The van der Waals surface area contributed by atoms with Gasteiger partial charge in [0.1, 0.15) is 6.04 Å². The summed E-state index contributed by atoms with van der Waals surface area (Å²) in [6.45, 7) is 4.18. The van der Waals surface area contributed by atoms with Crippen LogP contribution in [0, 0.1) is 5.92 Å². The lowest BCUT2D eigenvalue weighted by Crippen LogP contribution is -2.27. The number of nitrogens with one attached hydrogen (secondary N) is 2. The highest BCUT2D eigenvalue weighted by atomic mass is 16.3. The molecule has 23 heavy (non-hydrogen) atoms. The van der Waals surface area contributed by atoms with Crippen LogP contribution in [0.3, 0.4) is 0 Å². The zero-order valence-electron chi connectivity index (χ0n) is 13.1. The normalized spacial score (nSPS) is 12.5. The van der Waals surface area contributed by atoms with Crippen molar-refractivity contribution >= 4 is 11.9 Å². The number of anilines is 1. The quantitative estimate of drug-likeness (QED) is 0.732. The van der Waals surface area contributed by atoms with Gasteiger partial charge in [-0.2, -0.15) is 4.98 Å². The molecule has 0 spiro atoms. The fraction of sp³-hybridized carbons (Fsp3) is 0.312. The highest BCUT2D eigenvalue weighted by molar-refractivity contribution is 5.92. The van der Waals surface area contributed by atoms with Crippen LogP contribution in [0.1, 0.15) is 26.3 Å². The van der Waals surface area contributed by atoms with Crippen molar-refractivity contribution in [2.45, 2.75) is 26.3 Å². The van der Waals surface area contributed by atoms with E-state index in [1.807, 2.05) is 29.1 Å². The molecule has 0 radical (unpaired) electrons. The van der Waals surface area contributed by atoms with Crippen LogP contribution in [-0.2, 0) is 4.79 Å². The molecular formula is C16H19N5O2. The third-order valence-corrected chi connectivity index (χ3v) is 3.46. The number of carbonyl (C=O) groups is 1. The first-order chi connectivity index (χ1) is 11.1. The van der Waals surface area contributed by atoms with Gasteiger partial charge in [0.25, 0.3) is 0 Å². The Balaban J connectivity index is 1.74. The first-order valence-corrected chi connectivity index (χ1v) is 7.53. The van der Waals surface area contributed by atoms with Crippen LogP contribution in [-0.4, -0.2) is 25.7 Å². The highest BCUT2D eigenvalue weighted by Gasteiger charge is 2.22. The molecule has 0 bridgehead atoms. The van der Waals surface area contributed by atoms with Gasteiger partial charge in [0.2, 0.25) is 11.9 Å². The van der Waals surface area contributed by atoms with Gasteiger partial charge in [0.15, 0.2) is 11.6 Å². The number of amides is 1.